The molecule has 4 heteroatoms. The van der Waals surface area contributed by atoms with Crippen molar-refractivity contribution in [3.63, 3.8) is 0 Å². The van der Waals surface area contributed by atoms with E-state index in [4.69, 9.17) is 0 Å². The van der Waals surface area contributed by atoms with E-state index >= 15 is 0 Å². The molecular formula is C10H14N2S2. The van der Waals surface area contributed by atoms with Gasteiger partial charge in [0.1, 0.15) is 10.5 Å². The molecule has 0 bridgehead atoms. The number of nitrogens with one attached hydrogen (secondary N) is 1. The smallest absolute Gasteiger partial charge is 0.133 e. The summed E-state index contributed by atoms with van der Waals surface area (Å²) in [4.78, 5) is 4.01. The fourth-order valence-corrected chi connectivity index (χ4v) is 4.32. The van der Waals surface area contributed by atoms with Crippen molar-refractivity contribution in [2.45, 2.75) is 29.7 Å². The Morgan fingerprint density at radius 3 is 2.93 bits per heavy atom. The van der Waals surface area contributed by atoms with Gasteiger partial charge >= 0.3 is 0 Å². The maximum Gasteiger partial charge on any atom is 0.133 e. The Morgan fingerprint density at radius 2 is 2.14 bits per heavy atom. The summed E-state index contributed by atoms with van der Waals surface area (Å²) in [6.45, 7) is 2.53. The Labute approximate surface area is 92.7 Å². The van der Waals surface area contributed by atoms with Crippen molar-refractivity contribution in [1.29, 1.82) is 0 Å². The first-order valence-corrected chi connectivity index (χ1v) is 6.94. The molecule has 0 aliphatic carbocycles. The highest BCUT2D eigenvalue weighted by Gasteiger charge is 2.28. The van der Waals surface area contributed by atoms with Crippen molar-refractivity contribution in [2.75, 3.05) is 18.4 Å². The lowest BCUT2D eigenvalue weighted by Crippen LogP contribution is -2.39. The van der Waals surface area contributed by atoms with Crippen molar-refractivity contribution >= 4 is 28.1 Å². The summed E-state index contributed by atoms with van der Waals surface area (Å²) in [6, 6.07) is 2.22. The molecule has 0 spiro atoms. The van der Waals surface area contributed by atoms with Gasteiger partial charge in [0.25, 0.3) is 0 Å². The van der Waals surface area contributed by atoms with Gasteiger partial charge < -0.3 is 5.32 Å². The van der Waals surface area contributed by atoms with E-state index in [1.54, 1.807) is 0 Å². The first-order chi connectivity index (χ1) is 6.93. The molecule has 14 heavy (non-hydrogen) atoms. The number of piperidine rings is 1. The minimum Gasteiger partial charge on any atom is -0.352 e. The number of rotatable bonds is 1. The third-order valence-corrected chi connectivity index (χ3v) is 5.05. The van der Waals surface area contributed by atoms with Crippen LogP contribution < -0.4 is 5.32 Å². The van der Waals surface area contributed by atoms with E-state index < -0.39 is 0 Å². The Morgan fingerprint density at radius 1 is 1.29 bits per heavy atom. The van der Waals surface area contributed by atoms with E-state index in [-0.39, 0.29) is 0 Å². The molecule has 0 aromatic carbocycles. The van der Waals surface area contributed by atoms with Crippen LogP contribution in [0.5, 0.6) is 0 Å². The fourth-order valence-electron chi connectivity index (χ4n) is 2.08. The first kappa shape index (κ1) is 9.07. The largest absolute Gasteiger partial charge is 0.352 e. The van der Waals surface area contributed by atoms with Crippen LogP contribution in [0.25, 0.3) is 0 Å². The third-order valence-electron chi connectivity index (χ3n) is 2.84. The second kappa shape index (κ2) is 3.76. The van der Waals surface area contributed by atoms with Crippen LogP contribution in [0.2, 0.25) is 0 Å². The van der Waals surface area contributed by atoms with E-state index in [1.807, 2.05) is 23.1 Å². The van der Waals surface area contributed by atoms with E-state index in [2.05, 4.69) is 21.7 Å². The molecule has 1 aromatic rings. The summed E-state index contributed by atoms with van der Waals surface area (Å²) in [5.41, 5.74) is 0.512. The van der Waals surface area contributed by atoms with Gasteiger partial charge in [0, 0.05) is 18.0 Å². The predicted octanol–water partition coefficient (Wildman–Crippen LogP) is 3.04. The van der Waals surface area contributed by atoms with Crippen molar-refractivity contribution in [3.8, 4) is 0 Å². The zero-order valence-corrected chi connectivity index (χ0v) is 9.66. The van der Waals surface area contributed by atoms with Crippen LogP contribution in [0.3, 0.4) is 0 Å². The maximum absolute atomic E-state index is 3.59. The number of fused-ring (bicyclic) bond motifs is 1. The normalized spacial score (nSPS) is 27.3. The Kier molecular flexibility index (Phi) is 2.43. The molecule has 1 N–H and O–H groups in total. The minimum atomic E-state index is 0.512. The maximum atomic E-state index is 3.59. The lowest BCUT2D eigenvalue weighted by molar-refractivity contribution is 0.228. The topological polar surface area (TPSA) is 15.3 Å². The molecule has 3 rings (SSSR count). The lowest BCUT2D eigenvalue weighted by atomic mass is 10.1. The molecule has 0 radical (unpaired) electrons. The lowest BCUT2D eigenvalue weighted by Gasteiger charge is -2.31. The van der Waals surface area contributed by atoms with Crippen LogP contribution in [0.15, 0.2) is 16.3 Å². The molecule has 1 fully saturated rings. The molecule has 2 aliphatic rings. The number of thioether (sulfide) groups is 1. The van der Waals surface area contributed by atoms with Crippen molar-refractivity contribution in [2.24, 2.45) is 0 Å². The van der Waals surface area contributed by atoms with Gasteiger partial charge in [0.05, 0.1) is 0 Å². The number of hydrogen-bond donors (Lipinski definition) is 1. The summed E-state index contributed by atoms with van der Waals surface area (Å²) in [6.07, 6.45) is 4.15. The molecule has 76 valence electrons. The summed E-state index contributed by atoms with van der Waals surface area (Å²) >= 11 is 3.80. The van der Waals surface area contributed by atoms with Gasteiger partial charge in [-0.2, -0.15) is 0 Å². The molecule has 2 aliphatic heterocycles. The molecule has 3 heterocycles. The van der Waals surface area contributed by atoms with Crippen molar-refractivity contribution < 1.29 is 0 Å². The van der Waals surface area contributed by atoms with Crippen LogP contribution in [-0.2, 0) is 0 Å². The average molecular weight is 226 g/mol. The number of likely N-dealkylation sites (tertiary alicyclic amines) is 1. The predicted molar refractivity (Wildman–Crippen MR) is 63.0 cm³/mol. The molecule has 1 saturated heterocycles. The summed E-state index contributed by atoms with van der Waals surface area (Å²) in [7, 11) is 0. The first-order valence-electron chi connectivity index (χ1n) is 5.18. The fraction of sp³-hybridized carbons (Fsp3) is 0.600. The zero-order valence-electron chi connectivity index (χ0n) is 8.03. The van der Waals surface area contributed by atoms with Crippen LogP contribution in [-0.4, -0.2) is 23.5 Å². The molecule has 2 nitrogen and oxygen atoms in total. The Bertz CT molecular complexity index is 297. The molecular weight excluding hydrogens is 212 g/mol. The second-order valence-electron chi connectivity index (χ2n) is 3.83. The molecule has 1 aromatic heterocycles. The summed E-state index contributed by atoms with van der Waals surface area (Å²) in [5.74, 6) is 0. The van der Waals surface area contributed by atoms with E-state index in [9.17, 15) is 0 Å². The molecule has 1 atom stereocenters. The van der Waals surface area contributed by atoms with Crippen molar-refractivity contribution in [3.05, 3.63) is 11.4 Å². The molecule has 1 unspecified atom stereocenters. The quantitative estimate of drug-likeness (QED) is 0.792. The summed E-state index contributed by atoms with van der Waals surface area (Å²) < 4.78 is 0. The highest BCUT2D eigenvalue weighted by molar-refractivity contribution is 8.00. The third kappa shape index (κ3) is 1.55. The van der Waals surface area contributed by atoms with Crippen LogP contribution in [0.4, 0.5) is 5.00 Å². The van der Waals surface area contributed by atoms with E-state index in [0.29, 0.717) is 5.50 Å². The second-order valence-corrected chi connectivity index (χ2v) is 5.86. The highest BCUT2D eigenvalue weighted by atomic mass is 32.2. The average Bonchev–Trinajstić information content (AvgIpc) is 2.78. The van der Waals surface area contributed by atoms with Gasteiger partial charge in [-0.3, -0.25) is 4.90 Å². The van der Waals surface area contributed by atoms with E-state index in [1.165, 1.54) is 42.2 Å². The van der Waals surface area contributed by atoms with Gasteiger partial charge in [0.15, 0.2) is 0 Å². The van der Waals surface area contributed by atoms with Gasteiger partial charge in [-0.25, -0.2) is 0 Å². The van der Waals surface area contributed by atoms with Gasteiger partial charge in [-0.15, -0.1) is 11.3 Å². The van der Waals surface area contributed by atoms with Crippen LogP contribution >= 0.6 is 23.1 Å². The van der Waals surface area contributed by atoms with Crippen molar-refractivity contribution in [1.82, 2.24) is 4.90 Å². The Balaban J connectivity index is 1.68. The minimum absolute atomic E-state index is 0.512. The van der Waals surface area contributed by atoms with E-state index in [0.717, 1.165) is 0 Å². The number of anilines is 1. The Hall–Kier alpha value is -0.190. The summed E-state index contributed by atoms with van der Waals surface area (Å²) in [5, 5.41) is 7.12. The number of hydrogen-bond acceptors (Lipinski definition) is 4. The van der Waals surface area contributed by atoms with Gasteiger partial charge in [-0.1, -0.05) is 18.2 Å². The molecule has 0 amide bonds. The number of thiophene rings is 1. The standard InChI is InChI=1S/C10H14N2S2/c1-2-5-12(6-3-1)10-11-9-8(14-10)4-7-13-9/h4,7,10-11H,1-3,5-6H2. The SMILES string of the molecule is c1cc2c(s1)NC(N1CCCCC1)S2. The zero-order chi connectivity index (χ0) is 9.38. The number of nitrogens with zero attached hydrogens (tertiary/aromatic N) is 1. The molecule has 0 saturated carbocycles. The monoisotopic (exact) mass is 226 g/mol. The van der Waals surface area contributed by atoms with Crippen LogP contribution in [0.1, 0.15) is 19.3 Å². The van der Waals surface area contributed by atoms with Gasteiger partial charge in [0.2, 0.25) is 0 Å². The highest BCUT2D eigenvalue weighted by Crippen LogP contribution is 2.43. The van der Waals surface area contributed by atoms with Crippen LogP contribution in [0, 0.1) is 0 Å². The van der Waals surface area contributed by atoms with Gasteiger partial charge in [-0.05, 0) is 24.3 Å².